The summed E-state index contributed by atoms with van der Waals surface area (Å²) in [6.45, 7) is 3.81. The van der Waals surface area contributed by atoms with Gasteiger partial charge in [-0.1, -0.05) is 26.0 Å². The first kappa shape index (κ1) is 20.7. The fourth-order valence-corrected chi connectivity index (χ4v) is 3.60. The van der Waals surface area contributed by atoms with Crippen LogP contribution in [0.5, 0.6) is 0 Å². The van der Waals surface area contributed by atoms with Crippen molar-refractivity contribution in [1.29, 1.82) is 0 Å². The summed E-state index contributed by atoms with van der Waals surface area (Å²) in [6, 6.07) is 7.31. The fraction of sp³-hybridized carbons (Fsp3) is 0.368. The smallest absolute Gasteiger partial charge is 0.304 e. The molecule has 2 aromatic rings. The molecule has 1 heterocycles. The molecular weight excluding hydrogens is 366 g/mol. The average Bonchev–Trinajstić information content (AvgIpc) is 2.64. The van der Waals surface area contributed by atoms with Gasteiger partial charge in [0.05, 0.1) is 12.1 Å². The van der Waals surface area contributed by atoms with E-state index in [9.17, 15) is 14.4 Å². The number of aryl methyl sites for hydroxylation is 1. The van der Waals surface area contributed by atoms with Gasteiger partial charge in [-0.05, 0) is 36.1 Å². The Hall–Kier alpha value is -2.61. The predicted octanol–water partition coefficient (Wildman–Crippen LogP) is 2.85. The lowest BCUT2D eigenvalue weighted by atomic mass is 10.0. The number of amides is 1. The Morgan fingerprint density at radius 3 is 2.70 bits per heavy atom. The highest BCUT2D eigenvalue weighted by Crippen LogP contribution is 2.18. The number of anilines is 1. The van der Waals surface area contributed by atoms with E-state index in [1.165, 1.54) is 11.8 Å². The molecule has 0 unspecified atom stereocenters. The van der Waals surface area contributed by atoms with Crippen LogP contribution in [0.2, 0.25) is 0 Å². The van der Waals surface area contributed by atoms with Crippen LogP contribution in [-0.2, 0) is 23.4 Å². The lowest BCUT2D eigenvalue weighted by molar-refractivity contribution is -0.136. The van der Waals surface area contributed by atoms with E-state index >= 15 is 0 Å². The Bertz CT molecular complexity index is 879. The minimum atomic E-state index is -0.815. The van der Waals surface area contributed by atoms with Crippen molar-refractivity contribution in [2.75, 3.05) is 11.1 Å². The molecule has 0 aliphatic heterocycles. The molecule has 0 spiro atoms. The summed E-state index contributed by atoms with van der Waals surface area (Å²) in [6.07, 6.45) is 1.29. The van der Waals surface area contributed by atoms with Crippen molar-refractivity contribution < 1.29 is 14.7 Å². The first-order valence-corrected chi connectivity index (χ1v) is 9.92. The van der Waals surface area contributed by atoms with Gasteiger partial charge in [0.2, 0.25) is 0 Å². The summed E-state index contributed by atoms with van der Waals surface area (Å²) in [5.74, 6) is -0.101. The van der Waals surface area contributed by atoms with Gasteiger partial charge in [0.1, 0.15) is 5.56 Å². The maximum absolute atomic E-state index is 12.7. The molecule has 144 valence electrons. The van der Waals surface area contributed by atoms with E-state index in [2.05, 4.69) is 15.5 Å². The zero-order valence-corrected chi connectivity index (χ0v) is 16.2. The highest BCUT2D eigenvalue weighted by atomic mass is 32.2. The van der Waals surface area contributed by atoms with Gasteiger partial charge in [-0.2, -0.15) is 16.9 Å². The van der Waals surface area contributed by atoms with Crippen molar-refractivity contribution in [2.45, 2.75) is 38.9 Å². The van der Waals surface area contributed by atoms with Crippen molar-refractivity contribution in [3.8, 4) is 0 Å². The Morgan fingerprint density at radius 2 is 2.04 bits per heavy atom. The number of carboxylic acids is 1. The summed E-state index contributed by atoms with van der Waals surface area (Å²) < 4.78 is 0. The molecule has 0 fully saturated rings. The summed E-state index contributed by atoms with van der Waals surface area (Å²) in [7, 11) is 0. The number of nitrogens with one attached hydrogen (secondary N) is 2. The molecule has 2 rings (SSSR count). The maximum atomic E-state index is 12.7. The predicted molar refractivity (Wildman–Crippen MR) is 106 cm³/mol. The van der Waals surface area contributed by atoms with E-state index in [1.807, 2.05) is 32.0 Å². The van der Waals surface area contributed by atoms with Crippen LogP contribution in [0.3, 0.4) is 0 Å². The number of thioether (sulfide) groups is 1. The number of carboxylic acid groups (broad SMARTS) is 1. The lowest BCUT2D eigenvalue weighted by Crippen LogP contribution is -2.27. The Kier molecular flexibility index (Phi) is 7.60. The average molecular weight is 389 g/mol. The molecule has 0 bridgehead atoms. The monoisotopic (exact) mass is 389 g/mol. The molecule has 0 radical (unpaired) electrons. The second-order valence-electron chi connectivity index (χ2n) is 5.91. The normalized spacial score (nSPS) is 10.6. The third-order valence-electron chi connectivity index (χ3n) is 4.00. The number of hydrogen-bond acceptors (Lipinski definition) is 5. The Morgan fingerprint density at radius 1 is 1.26 bits per heavy atom. The summed E-state index contributed by atoms with van der Waals surface area (Å²) in [5, 5.41) is 17.9. The zero-order chi connectivity index (χ0) is 19.8. The third kappa shape index (κ3) is 5.68. The molecule has 1 aromatic carbocycles. The summed E-state index contributed by atoms with van der Waals surface area (Å²) >= 11 is 1.52. The van der Waals surface area contributed by atoms with Gasteiger partial charge in [0, 0.05) is 17.2 Å². The number of carbonyl (C=O) groups is 2. The highest BCUT2D eigenvalue weighted by molar-refractivity contribution is 7.98. The highest BCUT2D eigenvalue weighted by Gasteiger charge is 2.19. The molecule has 0 aliphatic rings. The molecule has 8 heteroatoms. The van der Waals surface area contributed by atoms with Gasteiger partial charge < -0.3 is 10.4 Å². The van der Waals surface area contributed by atoms with Gasteiger partial charge in [-0.15, -0.1) is 0 Å². The number of benzene rings is 1. The van der Waals surface area contributed by atoms with Crippen molar-refractivity contribution in [2.24, 2.45) is 0 Å². The maximum Gasteiger partial charge on any atom is 0.304 e. The van der Waals surface area contributed by atoms with Gasteiger partial charge in [0.15, 0.2) is 0 Å². The van der Waals surface area contributed by atoms with E-state index in [-0.39, 0.29) is 12.0 Å². The van der Waals surface area contributed by atoms with Crippen LogP contribution in [-0.4, -0.2) is 32.9 Å². The second kappa shape index (κ2) is 9.91. The quantitative estimate of drug-likeness (QED) is 0.569. The first-order chi connectivity index (χ1) is 13.0. The third-order valence-corrected chi connectivity index (χ3v) is 5.03. The van der Waals surface area contributed by atoms with Gasteiger partial charge >= 0.3 is 5.97 Å². The zero-order valence-electron chi connectivity index (χ0n) is 15.4. The SMILES string of the molecule is CCc1n[nH]c(=O)c(C(=O)Nc2cccc(CSCCC(=O)O)c2)c1CC. The number of aliphatic carboxylic acids is 1. The molecule has 3 N–H and O–H groups in total. The minimum absolute atomic E-state index is 0.102. The number of aromatic amines is 1. The molecule has 7 nitrogen and oxygen atoms in total. The number of rotatable bonds is 9. The van der Waals surface area contributed by atoms with E-state index in [1.54, 1.807) is 6.07 Å². The molecule has 0 atom stereocenters. The molecule has 0 saturated carbocycles. The van der Waals surface area contributed by atoms with Gasteiger partial charge in [-0.25, -0.2) is 5.10 Å². The van der Waals surface area contributed by atoms with Gasteiger partial charge in [-0.3, -0.25) is 14.4 Å². The molecule has 0 saturated heterocycles. The summed E-state index contributed by atoms with van der Waals surface area (Å²) in [4.78, 5) is 35.4. The molecule has 27 heavy (non-hydrogen) atoms. The van der Waals surface area contributed by atoms with Crippen LogP contribution >= 0.6 is 11.8 Å². The van der Waals surface area contributed by atoms with Crippen LogP contribution in [0.1, 0.15) is 47.4 Å². The minimum Gasteiger partial charge on any atom is -0.481 e. The number of H-pyrrole nitrogens is 1. The van der Waals surface area contributed by atoms with E-state index in [4.69, 9.17) is 5.11 Å². The van der Waals surface area contributed by atoms with Crippen molar-refractivity contribution >= 4 is 29.3 Å². The van der Waals surface area contributed by atoms with Crippen molar-refractivity contribution in [3.05, 3.63) is 57.0 Å². The standard InChI is InChI=1S/C19H23N3O4S/c1-3-14-15(4-2)21-22-19(26)17(14)18(25)20-13-7-5-6-12(10-13)11-27-9-8-16(23)24/h5-7,10H,3-4,8-9,11H2,1-2H3,(H,20,25)(H,22,26)(H,23,24). The van der Waals surface area contributed by atoms with Crippen LogP contribution in [0.15, 0.2) is 29.1 Å². The first-order valence-electron chi connectivity index (χ1n) is 8.76. The van der Waals surface area contributed by atoms with E-state index < -0.39 is 17.4 Å². The molecule has 0 aliphatic carbocycles. The number of nitrogens with zero attached hydrogens (tertiary/aromatic N) is 1. The molecular formula is C19H23N3O4S. The van der Waals surface area contributed by atoms with Crippen molar-refractivity contribution in [1.82, 2.24) is 10.2 Å². The van der Waals surface area contributed by atoms with Crippen LogP contribution < -0.4 is 10.9 Å². The van der Waals surface area contributed by atoms with Crippen LogP contribution in [0.25, 0.3) is 0 Å². The Labute approximate surface area is 161 Å². The lowest BCUT2D eigenvalue weighted by Gasteiger charge is -2.11. The van der Waals surface area contributed by atoms with Gasteiger partial charge in [0.25, 0.3) is 11.5 Å². The topological polar surface area (TPSA) is 112 Å². The summed E-state index contributed by atoms with van der Waals surface area (Å²) in [5.41, 5.74) is 2.54. The number of carbonyl (C=O) groups excluding carboxylic acids is 1. The molecule has 1 amide bonds. The number of aromatic nitrogens is 2. The molecule has 1 aromatic heterocycles. The van der Waals surface area contributed by atoms with E-state index in [0.717, 1.165) is 5.56 Å². The number of hydrogen-bond donors (Lipinski definition) is 3. The van der Waals surface area contributed by atoms with Crippen LogP contribution in [0.4, 0.5) is 5.69 Å². The van der Waals surface area contributed by atoms with Crippen LogP contribution in [0, 0.1) is 0 Å². The Balaban J connectivity index is 2.14. The largest absolute Gasteiger partial charge is 0.481 e. The van der Waals surface area contributed by atoms with E-state index in [0.29, 0.717) is 41.3 Å². The van der Waals surface area contributed by atoms with Crippen molar-refractivity contribution in [3.63, 3.8) is 0 Å². The fourth-order valence-electron chi connectivity index (χ4n) is 2.72. The second-order valence-corrected chi connectivity index (χ2v) is 7.02.